The van der Waals surface area contributed by atoms with E-state index in [1.54, 1.807) is 12.1 Å². The number of likely N-dealkylation sites (tertiary alicyclic amines) is 1. The zero-order chi connectivity index (χ0) is 26.3. The molecule has 1 aliphatic carbocycles. The highest BCUT2D eigenvalue weighted by Crippen LogP contribution is 2.39. The lowest BCUT2D eigenvalue weighted by molar-refractivity contribution is 0.0895. The minimum Gasteiger partial charge on any atom is -0.493 e. The van der Waals surface area contributed by atoms with Crippen molar-refractivity contribution in [3.63, 3.8) is 0 Å². The third-order valence-electron chi connectivity index (χ3n) is 5.79. The van der Waals surface area contributed by atoms with Crippen molar-refractivity contribution in [1.29, 1.82) is 0 Å². The lowest BCUT2D eigenvalue weighted by Crippen LogP contribution is -2.34. The summed E-state index contributed by atoms with van der Waals surface area (Å²) in [6.45, 7) is -0.412. The van der Waals surface area contributed by atoms with Crippen LogP contribution < -0.4 is 9.47 Å². The second kappa shape index (κ2) is 9.45. The van der Waals surface area contributed by atoms with E-state index in [-0.39, 0.29) is 36.5 Å². The van der Waals surface area contributed by atoms with Gasteiger partial charge in [0.1, 0.15) is 0 Å². The van der Waals surface area contributed by atoms with Gasteiger partial charge in [-0.2, -0.15) is 0 Å². The summed E-state index contributed by atoms with van der Waals surface area (Å²) in [5, 5.41) is 0. The van der Waals surface area contributed by atoms with Crippen molar-refractivity contribution in [2.24, 2.45) is 11.8 Å². The van der Waals surface area contributed by atoms with Crippen LogP contribution in [0.3, 0.4) is 0 Å². The third-order valence-corrected chi connectivity index (χ3v) is 5.79. The van der Waals surface area contributed by atoms with Crippen LogP contribution in [-0.2, 0) is 12.9 Å². The number of fused-ring (bicyclic) bond motifs is 1. The summed E-state index contributed by atoms with van der Waals surface area (Å²) in [6, 6.07) is 11.8. The number of carbonyl (C=O) groups excluding carboxylic acids is 1. The van der Waals surface area contributed by atoms with Crippen LogP contribution in [0.15, 0.2) is 42.5 Å². The fourth-order valence-electron chi connectivity index (χ4n) is 4.31. The van der Waals surface area contributed by atoms with Gasteiger partial charge in [0.2, 0.25) is 0 Å². The smallest absolute Gasteiger partial charge is 0.166 e. The van der Waals surface area contributed by atoms with Gasteiger partial charge in [-0.1, -0.05) is 37.8 Å². The zero-order valence-corrected chi connectivity index (χ0v) is 15.6. The molecule has 2 aromatic carbocycles. The van der Waals surface area contributed by atoms with Crippen molar-refractivity contribution >= 4 is 5.78 Å². The molecule has 1 heterocycles. The van der Waals surface area contributed by atoms with Gasteiger partial charge >= 0.3 is 0 Å². The Morgan fingerprint density at radius 2 is 1.79 bits per heavy atom. The highest BCUT2D eigenvalue weighted by molar-refractivity contribution is 6.02. The maximum Gasteiger partial charge on any atom is 0.166 e. The zero-order valence-electron chi connectivity index (χ0n) is 23.6. The van der Waals surface area contributed by atoms with E-state index in [0.29, 0.717) is 42.6 Å². The molecule has 2 aromatic rings. The molecular formula is C25H33NO3. The van der Waals surface area contributed by atoms with Crippen molar-refractivity contribution < 1.29 is 25.2 Å². The standard InChI is InChI=1S/C24H29NO3.CH4/c1-27-22-14-19-13-20(24(26)21(19)15-23(22)28-2)12-17-8-10-25(11-9-17)16-18-6-4-3-5-7-18;/h3-7,14-15,17,20H,8-13,16H2,1-2H3;1H4/i1D3,2D3,16D2;. The number of piperidine rings is 1. The van der Waals surface area contributed by atoms with Crippen molar-refractivity contribution in [3.05, 3.63) is 59.2 Å². The van der Waals surface area contributed by atoms with E-state index >= 15 is 0 Å². The predicted octanol–water partition coefficient (Wildman–Crippen LogP) is 5.00. The van der Waals surface area contributed by atoms with Crippen LogP contribution in [0.1, 0.15) is 59.1 Å². The molecule has 4 rings (SSSR count). The molecule has 1 atom stereocenters. The average molecular weight is 404 g/mol. The fraction of sp³-hybridized carbons (Fsp3) is 0.480. The molecule has 4 nitrogen and oxygen atoms in total. The number of nitrogens with zero attached hydrogens (tertiary/aromatic N) is 1. The molecule has 156 valence electrons. The van der Waals surface area contributed by atoms with Gasteiger partial charge in [-0.25, -0.2) is 0 Å². The van der Waals surface area contributed by atoms with Crippen molar-refractivity contribution in [3.8, 4) is 11.5 Å². The average Bonchev–Trinajstić information content (AvgIpc) is 3.07. The Hall–Kier alpha value is -2.33. The van der Waals surface area contributed by atoms with E-state index in [4.69, 9.17) is 20.4 Å². The molecule has 1 unspecified atom stereocenters. The molecule has 1 aliphatic heterocycles. The highest BCUT2D eigenvalue weighted by Gasteiger charge is 2.34. The number of carbonyl (C=O) groups is 1. The Balaban J connectivity index is 0.00000380. The molecule has 0 N–H and O–H groups in total. The SMILES string of the molecule is C.[2H]C([2H])([2H])Oc1cc2c(cc1OC([2H])([2H])[2H])C(=O)C(CC1CCN(C([2H])([2H])c3ccccc3)CC1)C2. The summed E-state index contributed by atoms with van der Waals surface area (Å²) in [5.74, 6) is -0.716. The van der Waals surface area contributed by atoms with Crippen LogP contribution in [-0.4, -0.2) is 37.8 Å². The minimum atomic E-state index is -2.83. The first kappa shape index (κ1) is 13.1. The van der Waals surface area contributed by atoms with Gasteiger partial charge in [0.25, 0.3) is 0 Å². The van der Waals surface area contributed by atoms with Gasteiger partial charge in [-0.3, -0.25) is 9.69 Å². The summed E-state index contributed by atoms with van der Waals surface area (Å²) in [5.41, 5.74) is 1.56. The molecule has 4 heteroatoms. The van der Waals surface area contributed by atoms with E-state index in [2.05, 4.69) is 0 Å². The molecule has 2 aliphatic rings. The molecule has 1 saturated heterocycles. The van der Waals surface area contributed by atoms with Gasteiger partial charge in [0.15, 0.2) is 17.3 Å². The largest absolute Gasteiger partial charge is 0.493 e. The monoisotopic (exact) mass is 403 g/mol. The Bertz CT molecular complexity index is 1090. The van der Waals surface area contributed by atoms with Gasteiger partial charge in [-0.05, 0) is 68.0 Å². The van der Waals surface area contributed by atoms with Gasteiger partial charge < -0.3 is 9.47 Å². The fourth-order valence-corrected chi connectivity index (χ4v) is 4.31. The molecule has 29 heavy (non-hydrogen) atoms. The van der Waals surface area contributed by atoms with Crippen molar-refractivity contribution in [2.45, 2.75) is 39.6 Å². The Labute approximate surface area is 186 Å². The number of ketones is 1. The topological polar surface area (TPSA) is 38.8 Å². The van der Waals surface area contributed by atoms with Crippen LogP contribution in [0.2, 0.25) is 0 Å². The van der Waals surface area contributed by atoms with E-state index in [0.717, 1.165) is 12.8 Å². The lowest BCUT2D eigenvalue weighted by atomic mass is 9.85. The number of benzene rings is 2. The molecule has 0 radical (unpaired) electrons. The second-order valence-electron chi connectivity index (χ2n) is 7.57. The first-order chi connectivity index (χ1) is 16.7. The molecule has 0 bridgehead atoms. The van der Waals surface area contributed by atoms with Crippen LogP contribution in [0.5, 0.6) is 11.5 Å². The summed E-state index contributed by atoms with van der Waals surface area (Å²) in [6.07, 6.45) is 2.55. The Kier molecular flexibility index (Phi) is 4.26. The van der Waals surface area contributed by atoms with Crippen LogP contribution in [0, 0.1) is 11.8 Å². The summed E-state index contributed by atoms with van der Waals surface area (Å²) in [4.78, 5) is 15.0. The number of methoxy groups -OCH3 is 2. The normalized spacial score (nSPS) is 25.0. The van der Waals surface area contributed by atoms with E-state index < -0.39 is 20.6 Å². The summed E-state index contributed by atoms with van der Waals surface area (Å²) >= 11 is 0. The number of hydrogen-bond acceptors (Lipinski definition) is 4. The maximum absolute atomic E-state index is 13.2. The first-order valence-corrected chi connectivity index (χ1v) is 9.63. The van der Waals surface area contributed by atoms with E-state index in [1.807, 2.05) is 23.1 Å². The van der Waals surface area contributed by atoms with Crippen LogP contribution >= 0.6 is 0 Å². The molecular weight excluding hydrogens is 362 g/mol. The molecule has 1 fully saturated rings. The highest BCUT2D eigenvalue weighted by atomic mass is 16.5. The van der Waals surface area contributed by atoms with Crippen molar-refractivity contribution in [2.75, 3.05) is 27.2 Å². The van der Waals surface area contributed by atoms with Crippen LogP contribution in [0.4, 0.5) is 0 Å². The number of hydrogen-bond donors (Lipinski definition) is 0. The molecule has 0 spiro atoms. The number of rotatable bonds is 6. The quantitative estimate of drug-likeness (QED) is 0.681. The molecule has 0 aromatic heterocycles. The van der Waals surface area contributed by atoms with Crippen LogP contribution in [0.25, 0.3) is 0 Å². The van der Waals surface area contributed by atoms with E-state index in [1.165, 1.54) is 12.1 Å². The van der Waals surface area contributed by atoms with Gasteiger partial charge in [0, 0.05) is 20.7 Å². The van der Waals surface area contributed by atoms with Gasteiger partial charge in [0.05, 0.1) is 22.3 Å². The molecule has 0 amide bonds. The van der Waals surface area contributed by atoms with Crippen molar-refractivity contribution in [1.82, 2.24) is 4.90 Å². The Morgan fingerprint density at radius 3 is 2.48 bits per heavy atom. The minimum absolute atomic E-state index is 0. The number of ether oxygens (including phenoxy) is 2. The Morgan fingerprint density at radius 1 is 1.10 bits per heavy atom. The summed E-state index contributed by atoms with van der Waals surface area (Å²) < 4.78 is 71.3. The van der Waals surface area contributed by atoms with Gasteiger partial charge in [-0.15, -0.1) is 0 Å². The summed E-state index contributed by atoms with van der Waals surface area (Å²) in [7, 11) is -5.64. The number of Topliss-reactive ketones (excluding diaryl/α,β-unsaturated/α-hetero) is 1. The molecule has 0 saturated carbocycles. The first-order valence-electron chi connectivity index (χ1n) is 13.6. The maximum atomic E-state index is 13.2. The lowest BCUT2D eigenvalue weighted by Gasteiger charge is -2.32. The predicted molar refractivity (Wildman–Crippen MR) is 117 cm³/mol. The third kappa shape index (κ3) is 4.64. The second-order valence-corrected chi connectivity index (χ2v) is 7.57. The van der Waals surface area contributed by atoms with E-state index in [9.17, 15) is 4.79 Å².